The van der Waals surface area contributed by atoms with Crippen molar-refractivity contribution in [1.82, 2.24) is 9.80 Å². The summed E-state index contributed by atoms with van der Waals surface area (Å²) in [5, 5.41) is 9.83. The van der Waals surface area contributed by atoms with Crippen LogP contribution in [0.5, 0.6) is 0 Å². The van der Waals surface area contributed by atoms with E-state index in [1.165, 1.54) is 6.42 Å². The zero-order valence-corrected chi connectivity index (χ0v) is 13.0. The quantitative estimate of drug-likeness (QED) is 0.775. The van der Waals surface area contributed by atoms with Crippen LogP contribution in [0.2, 0.25) is 0 Å². The topological polar surface area (TPSA) is 26.7 Å². The van der Waals surface area contributed by atoms with E-state index in [-0.39, 0.29) is 11.1 Å². The predicted octanol–water partition coefficient (Wildman–Crippen LogP) is 1.95. The highest BCUT2D eigenvalue weighted by atomic mass is 16.3. The Morgan fingerprint density at radius 1 is 1.06 bits per heavy atom. The third-order valence-electron chi connectivity index (χ3n) is 4.93. The Bertz CT molecular complexity index is 307. The lowest BCUT2D eigenvalue weighted by atomic mass is 9.71. The van der Waals surface area contributed by atoms with Gasteiger partial charge in [-0.05, 0) is 54.5 Å². The molecule has 18 heavy (non-hydrogen) atoms. The van der Waals surface area contributed by atoms with Crippen molar-refractivity contribution in [3.8, 4) is 0 Å². The normalized spacial score (nSPS) is 29.8. The van der Waals surface area contributed by atoms with Gasteiger partial charge >= 0.3 is 0 Å². The summed E-state index contributed by atoms with van der Waals surface area (Å²) in [6.45, 7) is 17.3. The molecule has 0 amide bonds. The fourth-order valence-corrected chi connectivity index (χ4v) is 3.65. The first-order chi connectivity index (χ1) is 8.10. The summed E-state index contributed by atoms with van der Waals surface area (Å²) in [6, 6.07) is 0.344. The zero-order chi connectivity index (χ0) is 13.8. The predicted molar refractivity (Wildman–Crippen MR) is 75.7 cm³/mol. The number of aliphatic hydroxyl groups excluding tert-OH is 1. The summed E-state index contributed by atoms with van der Waals surface area (Å²) < 4.78 is 0. The van der Waals surface area contributed by atoms with E-state index >= 15 is 0 Å². The van der Waals surface area contributed by atoms with Crippen LogP contribution in [0, 0.1) is 5.41 Å². The summed E-state index contributed by atoms with van der Waals surface area (Å²) in [5.41, 5.74) is 0.773. The molecule has 0 aromatic heterocycles. The average Bonchev–Trinajstić information content (AvgIpc) is 2.51. The van der Waals surface area contributed by atoms with E-state index in [0.717, 1.165) is 19.6 Å². The van der Waals surface area contributed by atoms with E-state index in [1.54, 1.807) is 0 Å². The van der Waals surface area contributed by atoms with Crippen molar-refractivity contribution in [1.29, 1.82) is 0 Å². The molecular formula is C15H30N2O. The van der Waals surface area contributed by atoms with E-state index in [9.17, 15) is 5.11 Å². The summed E-state index contributed by atoms with van der Waals surface area (Å²) in [7, 11) is 0. The maximum atomic E-state index is 9.83. The molecule has 0 aliphatic carbocycles. The highest BCUT2D eigenvalue weighted by Crippen LogP contribution is 2.48. The Morgan fingerprint density at radius 2 is 1.61 bits per heavy atom. The van der Waals surface area contributed by atoms with Gasteiger partial charge in [-0.15, -0.1) is 0 Å². The monoisotopic (exact) mass is 254 g/mol. The molecule has 1 N–H and O–H groups in total. The highest BCUT2D eigenvalue weighted by molar-refractivity contribution is 5.11. The highest BCUT2D eigenvalue weighted by Gasteiger charge is 2.57. The molecule has 2 rings (SSSR count). The molecular weight excluding hydrogens is 224 g/mol. The van der Waals surface area contributed by atoms with Crippen molar-refractivity contribution < 1.29 is 5.11 Å². The molecule has 0 aromatic carbocycles. The Labute approximate surface area is 112 Å². The van der Waals surface area contributed by atoms with Crippen molar-refractivity contribution >= 4 is 0 Å². The van der Waals surface area contributed by atoms with Gasteiger partial charge < -0.3 is 5.11 Å². The molecule has 1 atom stereocenters. The van der Waals surface area contributed by atoms with Gasteiger partial charge in [-0.1, -0.05) is 0 Å². The number of hydrogen-bond donors (Lipinski definition) is 1. The van der Waals surface area contributed by atoms with Crippen LogP contribution < -0.4 is 0 Å². The van der Waals surface area contributed by atoms with E-state index in [0.29, 0.717) is 18.1 Å². The molecule has 0 unspecified atom stereocenters. The first kappa shape index (κ1) is 14.3. The molecule has 2 aliphatic rings. The minimum absolute atomic E-state index is 0.166. The average molecular weight is 254 g/mol. The van der Waals surface area contributed by atoms with Crippen molar-refractivity contribution in [3.05, 3.63) is 0 Å². The van der Waals surface area contributed by atoms with Gasteiger partial charge in [0.1, 0.15) is 0 Å². The molecule has 0 aromatic rings. The molecule has 3 heteroatoms. The third-order valence-corrected chi connectivity index (χ3v) is 4.93. The van der Waals surface area contributed by atoms with Gasteiger partial charge in [0.2, 0.25) is 0 Å². The van der Waals surface area contributed by atoms with Crippen LogP contribution in [0.15, 0.2) is 0 Å². The fourth-order valence-electron chi connectivity index (χ4n) is 3.65. The minimum Gasteiger partial charge on any atom is -0.395 e. The summed E-state index contributed by atoms with van der Waals surface area (Å²) >= 11 is 0. The molecule has 3 nitrogen and oxygen atoms in total. The van der Waals surface area contributed by atoms with Gasteiger partial charge in [-0.2, -0.15) is 0 Å². The lowest BCUT2D eigenvalue weighted by Gasteiger charge is -2.57. The number of likely N-dealkylation sites (tertiary alicyclic amines) is 2. The summed E-state index contributed by atoms with van der Waals surface area (Å²) in [4.78, 5) is 5.05. The van der Waals surface area contributed by atoms with E-state index in [2.05, 4.69) is 51.3 Å². The Hall–Kier alpha value is -0.120. The number of nitrogens with zero attached hydrogens (tertiary/aromatic N) is 2. The van der Waals surface area contributed by atoms with Gasteiger partial charge in [-0.25, -0.2) is 0 Å². The first-order valence-corrected chi connectivity index (χ1v) is 7.23. The minimum atomic E-state index is 0.166. The summed E-state index contributed by atoms with van der Waals surface area (Å²) in [6.07, 6.45) is 1.24. The smallest absolute Gasteiger partial charge is 0.0593 e. The van der Waals surface area contributed by atoms with Crippen LogP contribution in [-0.2, 0) is 0 Å². The van der Waals surface area contributed by atoms with E-state index in [1.807, 2.05) is 0 Å². The van der Waals surface area contributed by atoms with Crippen LogP contribution in [-0.4, -0.2) is 58.3 Å². The second-order valence-corrected chi connectivity index (χ2v) is 8.20. The van der Waals surface area contributed by atoms with Gasteiger partial charge in [-0.3, -0.25) is 9.80 Å². The van der Waals surface area contributed by atoms with Crippen molar-refractivity contribution in [2.75, 3.05) is 26.2 Å². The largest absolute Gasteiger partial charge is 0.395 e. The van der Waals surface area contributed by atoms with Crippen LogP contribution in [0.4, 0.5) is 0 Å². The molecule has 2 saturated heterocycles. The van der Waals surface area contributed by atoms with Crippen molar-refractivity contribution in [3.63, 3.8) is 0 Å². The van der Waals surface area contributed by atoms with Crippen LogP contribution in [0.25, 0.3) is 0 Å². The molecule has 106 valence electrons. The Balaban J connectivity index is 2.09. The van der Waals surface area contributed by atoms with E-state index in [4.69, 9.17) is 0 Å². The standard InChI is InChI=1S/C15H30N2O/c1-13(2,3)16-10-15(11-16)7-8-17(12(15)9-18)14(4,5)6/h12,18H,7-11H2,1-6H3/t12-/m1/s1. The second-order valence-electron chi connectivity index (χ2n) is 8.20. The molecule has 2 fully saturated rings. The van der Waals surface area contributed by atoms with Gasteiger partial charge in [0, 0.05) is 35.6 Å². The third kappa shape index (κ3) is 2.21. The van der Waals surface area contributed by atoms with Gasteiger partial charge in [0.25, 0.3) is 0 Å². The van der Waals surface area contributed by atoms with Crippen molar-refractivity contribution in [2.45, 2.75) is 65.1 Å². The van der Waals surface area contributed by atoms with Gasteiger partial charge in [0.05, 0.1) is 6.61 Å². The first-order valence-electron chi connectivity index (χ1n) is 7.23. The van der Waals surface area contributed by atoms with Crippen LogP contribution >= 0.6 is 0 Å². The molecule has 2 heterocycles. The molecule has 1 spiro atoms. The maximum Gasteiger partial charge on any atom is 0.0593 e. The lowest BCUT2D eigenvalue weighted by molar-refractivity contribution is -0.0953. The number of aliphatic hydroxyl groups is 1. The van der Waals surface area contributed by atoms with E-state index < -0.39 is 0 Å². The second kappa shape index (κ2) is 4.19. The molecule has 2 aliphatic heterocycles. The van der Waals surface area contributed by atoms with Crippen LogP contribution in [0.3, 0.4) is 0 Å². The van der Waals surface area contributed by atoms with Crippen molar-refractivity contribution in [2.24, 2.45) is 5.41 Å². The summed E-state index contributed by atoms with van der Waals surface area (Å²) in [5.74, 6) is 0. The molecule has 0 radical (unpaired) electrons. The lowest BCUT2D eigenvalue weighted by Crippen LogP contribution is -2.67. The Morgan fingerprint density at radius 3 is 2.00 bits per heavy atom. The number of rotatable bonds is 1. The van der Waals surface area contributed by atoms with Crippen LogP contribution in [0.1, 0.15) is 48.0 Å². The number of hydrogen-bond acceptors (Lipinski definition) is 3. The molecule has 0 saturated carbocycles. The van der Waals surface area contributed by atoms with Gasteiger partial charge in [0.15, 0.2) is 0 Å². The maximum absolute atomic E-state index is 9.83. The molecule has 0 bridgehead atoms. The fraction of sp³-hybridized carbons (Fsp3) is 1.00. The Kier molecular flexibility index (Phi) is 3.33. The SMILES string of the molecule is CC(C)(C)N1CC2(CCN(C(C)(C)C)[C@@H]2CO)C1. The zero-order valence-electron chi connectivity index (χ0n) is 13.0.